The van der Waals surface area contributed by atoms with Crippen LogP contribution in [0.5, 0.6) is 5.75 Å². The number of aldehydes is 1. The Morgan fingerprint density at radius 3 is 2.40 bits per heavy atom. The molecule has 2 aromatic carbocycles. The van der Waals surface area contributed by atoms with Crippen molar-refractivity contribution in [3.05, 3.63) is 53.1 Å². The van der Waals surface area contributed by atoms with Crippen LogP contribution in [-0.4, -0.2) is 49.4 Å². The van der Waals surface area contributed by atoms with Crippen LogP contribution in [0.1, 0.15) is 66.4 Å². The number of amides is 2. The van der Waals surface area contributed by atoms with E-state index in [-0.39, 0.29) is 12.1 Å². The Morgan fingerprint density at radius 2 is 1.74 bits per heavy atom. The summed E-state index contributed by atoms with van der Waals surface area (Å²) in [4.78, 5) is 27.3. The molecule has 7 heteroatoms. The van der Waals surface area contributed by atoms with E-state index < -0.39 is 0 Å². The van der Waals surface area contributed by atoms with E-state index in [2.05, 4.69) is 0 Å². The molecule has 2 heterocycles. The topological polar surface area (TPSA) is 71.4 Å². The Kier molecular flexibility index (Phi) is 6.86. The first-order valence-electron chi connectivity index (χ1n) is 12.6. The van der Waals surface area contributed by atoms with Gasteiger partial charge in [0.2, 0.25) is 0 Å². The third-order valence-electron chi connectivity index (χ3n) is 7.45. The highest BCUT2D eigenvalue weighted by Crippen LogP contribution is 2.41. The smallest absolute Gasteiger partial charge is 0.349 e. The number of carbonyl (C=O) groups is 2. The molecule has 0 atom stereocenters. The molecule has 0 spiro atoms. The molecule has 1 saturated heterocycles. The van der Waals surface area contributed by atoms with Gasteiger partial charge in [0.15, 0.2) is 0 Å². The molecule has 3 aliphatic rings. The van der Waals surface area contributed by atoms with E-state index in [0.29, 0.717) is 30.4 Å². The zero-order valence-corrected chi connectivity index (χ0v) is 20.5. The maximum Gasteiger partial charge on any atom is 0.349 e. The van der Waals surface area contributed by atoms with Gasteiger partial charge in [0, 0.05) is 30.3 Å². The minimum Gasteiger partial charge on any atom is -0.496 e. The van der Waals surface area contributed by atoms with Crippen molar-refractivity contribution in [3.8, 4) is 5.75 Å². The number of fused-ring (bicyclic) bond motifs is 1. The molecule has 7 nitrogen and oxygen atoms in total. The van der Waals surface area contributed by atoms with Crippen molar-refractivity contribution in [2.24, 2.45) is 11.0 Å². The lowest BCUT2D eigenvalue weighted by molar-refractivity contribution is 0.0480. The number of aryl methyl sites for hydroxylation is 1. The fourth-order valence-corrected chi connectivity index (χ4v) is 5.50. The molecular weight excluding hydrogens is 442 g/mol. The number of hydrogen-bond donors (Lipinski definition) is 0. The van der Waals surface area contributed by atoms with Crippen LogP contribution in [0.4, 0.5) is 16.2 Å². The Morgan fingerprint density at radius 1 is 1.03 bits per heavy atom. The largest absolute Gasteiger partial charge is 0.496 e. The summed E-state index contributed by atoms with van der Waals surface area (Å²) in [5, 5.41) is 6.86. The quantitative estimate of drug-likeness (QED) is 0.508. The maximum absolute atomic E-state index is 14.3. The average molecular weight is 476 g/mol. The number of methoxy groups -OCH3 is 1. The summed E-state index contributed by atoms with van der Waals surface area (Å²) in [6, 6.07) is 11.0. The predicted octanol–water partition coefficient (Wildman–Crippen LogP) is 5.85. The first-order chi connectivity index (χ1) is 17.1. The van der Waals surface area contributed by atoms with Crippen LogP contribution in [0.2, 0.25) is 0 Å². The monoisotopic (exact) mass is 475 g/mol. The molecule has 1 aliphatic carbocycles. The molecule has 35 heavy (non-hydrogen) atoms. The Bertz CT molecular complexity index is 1120. The van der Waals surface area contributed by atoms with Crippen molar-refractivity contribution in [1.82, 2.24) is 5.01 Å². The second-order valence-corrected chi connectivity index (χ2v) is 9.67. The Hall–Kier alpha value is -3.19. The van der Waals surface area contributed by atoms with Gasteiger partial charge in [-0.15, -0.1) is 0 Å². The summed E-state index contributed by atoms with van der Waals surface area (Å²) in [6.45, 7) is 3.24. The molecule has 2 aliphatic heterocycles. The number of benzene rings is 2. The van der Waals surface area contributed by atoms with Crippen molar-refractivity contribution in [1.29, 1.82) is 0 Å². The van der Waals surface area contributed by atoms with E-state index in [1.54, 1.807) is 29.2 Å². The Balaban J connectivity index is 1.71. The standard InChI is InChI=1S/C28H33N3O4/c1-19-16-25-24(17-26(19)34-2)27(21-6-4-3-5-7-21)29-31(23-12-14-35-15-13-23)28(33)30(25)22-10-8-20(18-32)9-11-22/h8-11,16-18,21,23H,3-7,12-15H2,1-2H3. The van der Waals surface area contributed by atoms with E-state index in [9.17, 15) is 9.59 Å². The van der Waals surface area contributed by atoms with Crippen LogP contribution in [0.15, 0.2) is 41.5 Å². The highest BCUT2D eigenvalue weighted by Gasteiger charge is 2.38. The average Bonchev–Trinajstić information content (AvgIpc) is 3.03. The van der Waals surface area contributed by atoms with Gasteiger partial charge >= 0.3 is 6.03 Å². The summed E-state index contributed by atoms with van der Waals surface area (Å²) in [5.41, 5.74) is 4.97. The molecule has 0 bridgehead atoms. The molecule has 1 saturated carbocycles. The summed E-state index contributed by atoms with van der Waals surface area (Å²) < 4.78 is 11.3. The number of hydrazone groups is 1. The van der Waals surface area contributed by atoms with E-state index in [4.69, 9.17) is 14.6 Å². The zero-order valence-electron chi connectivity index (χ0n) is 20.5. The SMILES string of the molecule is COc1cc2c(cc1C)N(c1ccc(C=O)cc1)C(=O)N(C1CCOCC1)N=C2C1CCCCC1. The lowest BCUT2D eigenvalue weighted by atomic mass is 9.82. The summed E-state index contributed by atoms with van der Waals surface area (Å²) >= 11 is 0. The third-order valence-corrected chi connectivity index (χ3v) is 7.45. The number of anilines is 2. The van der Waals surface area contributed by atoms with Crippen molar-refractivity contribution in [2.45, 2.75) is 57.9 Å². The summed E-state index contributed by atoms with van der Waals surface area (Å²) in [5.74, 6) is 1.08. The minimum atomic E-state index is -0.174. The van der Waals surface area contributed by atoms with Gasteiger partial charge in [-0.1, -0.05) is 19.3 Å². The second-order valence-electron chi connectivity index (χ2n) is 9.67. The van der Waals surface area contributed by atoms with Crippen molar-refractivity contribution < 1.29 is 19.1 Å². The summed E-state index contributed by atoms with van der Waals surface area (Å²) in [7, 11) is 1.68. The molecule has 2 amide bonds. The van der Waals surface area contributed by atoms with Crippen LogP contribution in [-0.2, 0) is 4.74 Å². The molecule has 184 valence electrons. The number of rotatable bonds is 5. The fourth-order valence-electron chi connectivity index (χ4n) is 5.50. The van der Waals surface area contributed by atoms with Crippen molar-refractivity contribution in [3.63, 3.8) is 0 Å². The van der Waals surface area contributed by atoms with Gasteiger partial charge in [-0.05, 0) is 74.6 Å². The van der Waals surface area contributed by atoms with Crippen LogP contribution in [0.3, 0.4) is 0 Å². The lowest BCUT2D eigenvalue weighted by Crippen LogP contribution is -2.45. The van der Waals surface area contributed by atoms with E-state index in [1.807, 2.05) is 31.2 Å². The number of ether oxygens (including phenoxy) is 2. The minimum absolute atomic E-state index is 0.0242. The van der Waals surface area contributed by atoms with E-state index in [1.165, 1.54) is 19.3 Å². The number of nitrogens with zero attached hydrogens (tertiary/aromatic N) is 3. The highest BCUT2D eigenvalue weighted by molar-refractivity contribution is 6.14. The number of urea groups is 1. The molecular formula is C28H33N3O4. The van der Waals surface area contributed by atoms with Crippen molar-refractivity contribution in [2.75, 3.05) is 25.2 Å². The molecule has 0 N–H and O–H groups in total. The van der Waals surface area contributed by atoms with Gasteiger partial charge in [-0.3, -0.25) is 9.69 Å². The first kappa shape index (κ1) is 23.5. The third kappa shape index (κ3) is 4.57. The molecule has 2 aromatic rings. The van der Waals surface area contributed by atoms with E-state index in [0.717, 1.165) is 60.2 Å². The summed E-state index contributed by atoms with van der Waals surface area (Å²) in [6.07, 6.45) is 8.04. The van der Waals surface area contributed by atoms with Crippen LogP contribution in [0.25, 0.3) is 0 Å². The van der Waals surface area contributed by atoms with Gasteiger partial charge in [0.05, 0.1) is 30.2 Å². The van der Waals surface area contributed by atoms with Gasteiger partial charge in [0.1, 0.15) is 12.0 Å². The van der Waals surface area contributed by atoms with Gasteiger partial charge in [0.25, 0.3) is 0 Å². The van der Waals surface area contributed by atoms with Crippen molar-refractivity contribution >= 4 is 29.4 Å². The molecule has 2 fully saturated rings. The van der Waals surface area contributed by atoms with Crippen LogP contribution < -0.4 is 9.64 Å². The van der Waals surface area contributed by atoms with Gasteiger partial charge in [-0.25, -0.2) is 9.80 Å². The first-order valence-corrected chi connectivity index (χ1v) is 12.6. The van der Waals surface area contributed by atoms with Gasteiger partial charge < -0.3 is 9.47 Å². The highest BCUT2D eigenvalue weighted by atomic mass is 16.5. The lowest BCUT2D eigenvalue weighted by Gasteiger charge is -2.33. The molecule has 0 aromatic heterocycles. The number of carbonyl (C=O) groups excluding carboxylic acids is 2. The van der Waals surface area contributed by atoms with E-state index >= 15 is 0 Å². The fraction of sp³-hybridized carbons (Fsp3) is 0.464. The molecule has 0 radical (unpaired) electrons. The van der Waals surface area contributed by atoms with Gasteiger partial charge in [-0.2, -0.15) is 5.10 Å². The van der Waals surface area contributed by atoms with Crippen LogP contribution >= 0.6 is 0 Å². The predicted molar refractivity (Wildman–Crippen MR) is 136 cm³/mol. The maximum atomic E-state index is 14.3. The Labute approximate surface area is 206 Å². The van der Waals surface area contributed by atoms with Crippen LogP contribution in [0, 0.1) is 12.8 Å². The zero-order chi connectivity index (χ0) is 24.4. The molecule has 0 unspecified atom stereocenters. The second kappa shape index (κ2) is 10.2. The normalized spacial score (nSPS) is 19.7. The molecule has 5 rings (SSSR count). The number of hydrogen-bond acceptors (Lipinski definition) is 5.